The lowest BCUT2D eigenvalue weighted by atomic mass is 9.97. The lowest BCUT2D eigenvalue weighted by Crippen LogP contribution is -2.43. The van der Waals surface area contributed by atoms with E-state index in [0.29, 0.717) is 18.1 Å². The Balaban J connectivity index is 1.31. The first-order valence-electron chi connectivity index (χ1n) is 11.8. The molecule has 7 heteroatoms. The third kappa shape index (κ3) is 4.77. The van der Waals surface area contributed by atoms with E-state index in [2.05, 4.69) is 46.4 Å². The molecule has 0 saturated carbocycles. The number of hydrogen-bond donors (Lipinski definition) is 1. The molecule has 0 spiro atoms. The monoisotopic (exact) mass is 473 g/mol. The Morgan fingerprint density at radius 1 is 1.15 bits per heavy atom. The maximum Gasteiger partial charge on any atom is 0.225 e. The summed E-state index contributed by atoms with van der Waals surface area (Å²) in [5, 5.41) is 8.53. The summed E-state index contributed by atoms with van der Waals surface area (Å²) in [6.45, 7) is 4.21. The summed E-state index contributed by atoms with van der Waals surface area (Å²) < 4.78 is 1.85. The summed E-state index contributed by atoms with van der Waals surface area (Å²) in [5.74, 6) is 0.890. The van der Waals surface area contributed by atoms with Crippen molar-refractivity contribution in [1.82, 2.24) is 19.9 Å². The SMILES string of the molecule is CCc1ccc(CNC(=O)[C@@H]2CCCN(c3nccn4nc(-c5cccc(Cl)c5)cc34)C2)cc1. The summed E-state index contributed by atoms with van der Waals surface area (Å²) in [5.41, 5.74) is 5.16. The Morgan fingerprint density at radius 3 is 2.76 bits per heavy atom. The molecule has 1 atom stereocenters. The van der Waals surface area contributed by atoms with Crippen molar-refractivity contribution in [2.45, 2.75) is 32.7 Å². The van der Waals surface area contributed by atoms with E-state index < -0.39 is 0 Å². The van der Waals surface area contributed by atoms with Crippen LogP contribution in [0, 0.1) is 5.92 Å². The van der Waals surface area contributed by atoms with Gasteiger partial charge in [0.05, 0.1) is 11.6 Å². The normalized spacial score (nSPS) is 16.1. The summed E-state index contributed by atoms with van der Waals surface area (Å²) >= 11 is 6.18. The van der Waals surface area contributed by atoms with Gasteiger partial charge in [-0.25, -0.2) is 9.50 Å². The molecule has 2 aromatic heterocycles. The number of rotatable bonds is 6. The van der Waals surface area contributed by atoms with E-state index in [4.69, 9.17) is 16.7 Å². The quantitative estimate of drug-likeness (QED) is 0.421. The predicted molar refractivity (Wildman–Crippen MR) is 136 cm³/mol. The number of amides is 1. The molecule has 174 valence electrons. The fourth-order valence-electron chi connectivity index (χ4n) is 4.55. The molecule has 1 saturated heterocycles. The second kappa shape index (κ2) is 9.85. The number of benzene rings is 2. The minimum absolute atomic E-state index is 0.0685. The van der Waals surface area contributed by atoms with Gasteiger partial charge in [0.15, 0.2) is 5.82 Å². The number of anilines is 1. The number of carbonyl (C=O) groups excluding carboxylic acids is 1. The van der Waals surface area contributed by atoms with Crippen molar-refractivity contribution in [1.29, 1.82) is 0 Å². The van der Waals surface area contributed by atoms with Crippen LogP contribution in [0.15, 0.2) is 67.0 Å². The Bertz CT molecular complexity index is 1300. The first-order chi connectivity index (χ1) is 16.6. The number of aromatic nitrogens is 3. The highest BCUT2D eigenvalue weighted by Gasteiger charge is 2.27. The van der Waals surface area contributed by atoms with Crippen LogP contribution in [-0.2, 0) is 17.8 Å². The van der Waals surface area contributed by atoms with Gasteiger partial charge in [-0.2, -0.15) is 5.10 Å². The Morgan fingerprint density at radius 2 is 1.97 bits per heavy atom. The van der Waals surface area contributed by atoms with Gasteiger partial charge < -0.3 is 10.2 Å². The van der Waals surface area contributed by atoms with E-state index in [9.17, 15) is 4.79 Å². The number of nitrogens with one attached hydrogen (secondary N) is 1. The van der Waals surface area contributed by atoms with Crippen LogP contribution in [0.3, 0.4) is 0 Å². The maximum absolute atomic E-state index is 13.0. The molecular formula is C27H28ClN5O. The minimum Gasteiger partial charge on any atom is -0.354 e. The van der Waals surface area contributed by atoms with Crippen LogP contribution >= 0.6 is 11.6 Å². The van der Waals surface area contributed by atoms with Gasteiger partial charge in [-0.05, 0) is 48.6 Å². The molecule has 2 aromatic carbocycles. The van der Waals surface area contributed by atoms with Crippen molar-refractivity contribution in [2.24, 2.45) is 5.92 Å². The minimum atomic E-state index is -0.0685. The van der Waals surface area contributed by atoms with E-state index in [0.717, 1.165) is 54.0 Å². The molecule has 0 bridgehead atoms. The van der Waals surface area contributed by atoms with Crippen LogP contribution in [0.4, 0.5) is 5.82 Å². The van der Waals surface area contributed by atoms with Crippen molar-refractivity contribution in [3.8, 4) is 11.3 Å². The molecule has 0 radical (unpaired) electrons. The molecule has 1 aliphatic rings. The molecule has 3 heterocycles. The molecule has 5 rings (SSSR count). The highest BCUT2D eigenvalue weighted by molar-refractivity contribution is 6.30. The molecule has 1 aliphatic heterocycles. The smallest absolute Gasteiger partial charge is 0.225 e. The van der Waals surface area contributed by atoms with Gasteiger partial charge in [-0.15, -0.1) is 0 Å². The first kappa shape index (κ1) is 22.4. The third-order valence-electron chi connectivity index (χ3n) is 6.48. The number of aryl methyl sites for hydroxylation is 1. The number of carbonyl (C=O) groups is 1. The van der Waals surface area contributed by atoms with E-state index in [1.807, 2.05) is 41.0 Å². The first-order valence-corrected chi connectivity index (χ1v) is 12.2. The Kier molecular flexibility index (Phi) is 6.50. The van der Waals surface area contributed by atoms with Gasteiger partial charge in [0.25, 0.3) is 0 Å². The topological polar surface area (TPSA) is 62.5 Å². The van der Waals surface area contributed by atoms with Crippen LogP contribution in [0.2, 0.25) is 5.02 Å². The average Bonchev–Trinajstić information content (AvgIpc) is 3.32. The van der Waals surface area contributed by atoms with Crippen molar-refractivity contribution in [3.05, 3.63) is 83.1 Å². The second-order valence-electron chi connectivity index (χ2n) is 8.79. The number of fused-ring (bicyclic) bond motifs is 1. The molecule has 34 heavy (non-hydrogen) atoms. The number of nitrogens with zero attached hydrogens (tertiary/aromatic N) is 4. The molecule has 1 amide bonds. The van der Waals surface area contributed by atoms with Crippen LogP contribution in [0.25, 0.3) is 16.8 Å². The number of piperidine rings is 1. The molecule has 1 fully saturated rings. The summed E-state index contributed by atoms with van der Waals surface area (Å²) in [6, 6.07) is 18.2. The summed E-state index contributed by atoms with van der Waals surface area (Å²) in [4.78, 5) is 19.8. The fraction of sp³-hybridized carbons (Fsp3) is 0.296. The Hall–Kier alpha value is -3.38. The van der Waals surface area contributed by atoms with Gasteiger partial charge in [0, 0.05) is 42.6 Å². The molecule has 1 N–H and O–H groups in total. The number of hydrogen-bond acceptors (Lipinski definition) is 4. The van der Waals surface area contributed by atoms with Gasteiger partial charge in [0.1, 0.15) is 5.52 Å². The molecule has 4 aromatic rings. The van der Waals surface area contributed by atoms with E-state index in [1.165, 1.54) is 5.56 Å². The summed E-state index contributed by atoms with van der Waals surface area (Å²) in [7, 11) is 0. The van der Waals surface area contributed by atoms with Gasteiger partial charge >= 0.3 is 0 Å². The average molecular weight is 474 g/mol. The molecular weight excluding hydrogens is 446 g/mol. The van der Waals surface area contributed by atoms with Crippen LogP contribution in [0.1, 0.15) is 30.9 Å². The zero-order valence-corrected chi connectivity index (χ0v) is 20.0. The van der Waals surface area contributed by atoms with Gasteiger partial charge in [-0.1, -0.05) is 54.9 Å². The van der Waals surface area contributed by atoms with Crippen molar-refractivity contribution < 1.29 is 4.79 Å². The van der Waals surface area contributed by atoms with E-state index >= 15 is 0 Å². The van der Waals surface area contributed by atoms with Crippen molar-refractivity contribution >= 4 is 28.8 Å². The van der Waals surface area contributed by atoms with Gasteiger partial charge in [-0.3, -0.25) is 4.79 Å². The predicted octanol–water partition coefficient (Wildman–Crippen LogP) is 5.14. The van der Waals surface area contributed by atoms with Crippen LogP contribution in [0.5, 0.6) is 0 Å². The third-order valence-corrected chi connectivity index (χ3v) is 6.71. The highest BCUT2D eigenvalue weighted by atomic mass is 35.5. The van der Waals surface area contributed by atoms with Crippen molar-refractivity contribution in [3.63, 3.8) is 0 Å². The lowest BCUT2D eigenvalue weighted by Gasteiger charge is -2.33. The van der Waals surface area contributed by atoms with Crippen molar-refractivity contribution in [2.75, 3.05) is 18.0 Å². The Labute approximate surface area is 204 Å². The lowest BCUT2D eigenvalue weighted by molar-refractivity contribution is -0.125. The zero-order chi connectivity index (χ0) is 23.5. The number of halogens is 1. The zero-order valence-electron chi connectivity index (χ0n) is 19.2. The largest absolute Gasteiger partial charge is 0.354 e. The molecule has 0 aliphatic carbocycles. The fourth-order valence-corrected chi connectivity index (χ4v) is 4.74. The molecule has 0 unspecified atom stereocenters. The van der Waals surface area contributed by atoms with Crippen LogP contribution in [-0.4, -0.2) is 33.6 Å². The highest BCUT2D eigenvalue weighted by Crippen LogP contribution is 2.29. The molecule has 6 nitrogen and oxygen atoms in total. The van der Waals surface area contributed by atoms with Gasteiger partial charge in [0.2, 0.25) is 5.91 Å². The second-order valence-corrected chi connectivity index (χ2v) is 9.23. The van der Waals surface area contributed by atoms with E-state index in [-0.39, 0.29) is 11.8 Å². The standard InChI is InChI=1S/C27H28ClN5O/c1-2-19-8-10-20(11-9-19)17-30-27(34)22-6-4-13-32(18-22)26-25-16-24(31-33(25)14-12-29-26)21-5-3-7-23(28)15-21/h3,5,7-12,14-16,22H,2,4,6,13,17-18H2,1H3,(H,30,34)/t22-/m1/s1. The van der Waals surface area contributed by atoms with Crippen LogP contribution < -0.4 is 10.2 Å². The van der Waals surface area contributed by atoms with E-state index in [1.54, 1.807) is 6.20 Å². The summed E-state index contributed by atoms with van der Waals surface area (Å²) in [6.07, 6.45) is 6.46. The maximum atomic E-state index is 13.0.